The maximum absolute atomic E-state index is 12.6. The summed E-state index contributed by atoms with van der Waals surface area (Å²) in [6.07, 6.45) is 5.34. The van der Waals surface area contributed by atoms with Gasteiger partial charge in [-0.25, -0.2) is 0 Å². The Hall–Kier alpha value is -0.850. The van der Waals surface area contributed by atoms with Crippen molar-refractivity contribution in [2.24, 2.45) is 0 Å². The van der Waals surface area contributed by atoms with Gasteiger partial charge in [0.25, 0.3) is 0 Å². The van der Waals surface area contributed by atoms with Gasteiger partial charge in [-0.2, -0.15) is 0 Å². The molecule has 1 heteroatoms. The molecule has 1 saturated carbocycles. The molecular formula is C14H19F. The van der Waals surface area contributed by atoms with Crippen LogP contribution < -0.4 is 0 Å². The first-order valence-electron chi connectivity index (χ1n) is 5.97. The van der Waals surface area contributed by atoms with Gasteiger partial charge in [-0.1, -0.05) is 44.0 Å². The molecule has 0 aliphatic heterocycles. The highest BCUT2D eigenvalue weighted by molar-refractivity contribution is 5.29. The molecule has 1 atom stereocenters. The van der Waals surface area contributed by atoms with Gasteiger partial charge in [-0.3, -0.25) is 4.39 Å². The van der Waals surface area contributed by atoms with Gasteiger partial charge >= 0.3 is 0 Å². The fourth-order valence-electron chi connectivity index (χ4n) is 2.47. The van der Waals surface area contributed by atoms with Crippen LogP contribution >= 0.6 is 0 Å². The minimum Gasteiger partial charge on any atom is -0.250 e. The van der Waals surface area contributed by atoms with Crippen LogP contribution in [0.4, 0.5) is 4.39 Å². The molecule has 0 spiro atoms. The third-order valence-corrected chi connectivity index (χ3v) is 3.54. The monoisotopic (exact) mass is 206 g/mol. The number of halogens is 1. The maximum Gasteiger partial charge on any atom is 0.0960 e. The lowest BCUT2D eigenvalue weighted by Crippen LogP contribution is -1.98. The van der Waals surface area contributed by atoms with Crippen LogP contribution in [0.3, 0.4) is 0 Å². The summed E-state index contributed by atoms with van der Waals surface area (Å²) in [5.41, 5.74) is 2.58. The van der Waals surface area contributed by atoms with E-state index in [4.69, 9.17) is 0 Å². The highest BCUT2D eigenvalue weighted by Crippen LogP contribution is 2.34. The molecule has 1 aliphatic carbocycles. The average Bonchev–Trinajstić information content (AvgIpc) is 2.82. The second-order valence-electron chi connectivity index (χ2n) is 4.71. The fourth-order valence-corrected chi connectivity index (χ4v) is 2.47. The number of hydrogen-bond donors (Lipinski definition) is 0. The molecule has 0 heterocycles. The number of hydrogen-bond acceptors (Lipinski definition) is 0. The summed E-state index contributed by atoms with van der Waals surface area (Å²) < 4.78 is 12.6. The molecule has 0 N–H and O–H groups in total. The van der Waals surface area contributed by atoms with Crippen LogP contribution in [0.2, 0.25) is 0 Å². The normalized spacial score (nSPS) is 19.3. The molecule has 1 aliphatic rings. The van der Waals surface area contributed by atoms with Crippen molar-refractivity contribution in [2.75, 3.05) is 6.67 Å². The van der Waals surface area contributed by atoms with Crippen LogP contribution in [0.25, 0.3) is 0 Å². The Morgan fingerprint density at radius 3 is 2.73 bits per heavy atom. The van der Waals surface area contributed by atoms with Crippen LogP contribution in [0.5, 0.6) is 0 Å². The predicted octanol–water partition coefficient (Wildman–Crippen LogP) is 4.42. The molecule has 1 aromatic carbocycles. The van der Waals surface area contributed by atoms with Crippen molar-refractivity contribution in [2.45, 2.75) is 44.4 Å². The van der Waals surface area contributed by atoms with Crippen LogP contribution in [-0.4, -0.2) is 6.67 Å². The summed E-state index contributed by atoms with van der Waals surface area (Å²) >= 11 is 0. The maximum atomic E-state index is 12.6. The van der Waals surface area contributed by atoms with E-state index >= 15 is 0 Å². The van der Waals surface area contributed by atoms with Crippen LogP contribution in [0.15, 0.2) is 24.3 Å². The van der Waals surface area contributed by atoms with E-state index in [1.807, 2.05) is 13.0 Å². The van der Waals surface area contributed by atoms with Crippen LogP contribution in [0.1, 0.15) is 55.6 Å². The highest BCUT2D eigenvalue weighted by Gasteiger charge is 2.17. The summed E-state index contributed by atoms with van der Waals surface area (Å²) in [6.45, 7) is 1.70. The van der Waals surface area contributed by atoms with E-state index in [1.54, 1.807) is 0 Å². The zero-order valence-corrected chi connectivity index (χ0v) is 9.38. The summed E-state index contributed by atoms with van der Waals surface area (Å²) in [6, 6.07) is 8.53. The van der Waals surface area contributed by atoms with Gasteiger partial charge in [0.05, 0.1) is 6.67 Å². The summed E-state index contributed by atoms with van der Waals surface area (Å²) in [5.74, 6) is 0.781. The van der Waals surface area contributed by atoms with Crippen LogP contribution in [0, 0.1) is 0 Å². The van der Waals surface area contributed by atoms with Crippen molar-refractivity contribution in [1.29, 1.82) is 0 Å². The average molecular weight is 206 g/mol. The standard InChI is InChI=1S/C14H19F/c1-11(10-15)13-7-4-8-14(9-13)12-5-2-3-6-12/h4,7-9,11-12H,2-3,5-6,10H2,1H3. The Balaban J connectivity index is 2.18. The topological polar surface area (TPSA) is 0 Å². The first kappa shape index (κ1) is 10.7. The molecule has 0 saturated heterocycles. The SMILES string of the molecule is CC(CF)c1cccc(C2CCCC2)c1. The molecule has 0 nitrogen and oxygen atoms in total. The highest BCUT2D eigenvalue weighted by atomic mass is 19.1. The molecule has 1 fully saturated rings. The van der Waals surface area contributed by atoms with Crippen molar-refractivity contribution in [1.82, 2.24) is 0 Å². The Morgan fingerprint density at radius 1 is 1.33 bits per heavy atom. The van der Waals surface area contributed by atoms with Crippen molar-refractivity contribution in [3.63, 3.8) is 0 Å². The Bertz CT molecular complexity index is 313. The van der Waals surface area contributed by atoms with Gasteiger partial charge in [-0.15, -0.1) is 0 Å². The second kappa shape index (κ2) is 4.78. The van der Waals surface area contributed by atoms with E-state index in [0.717, 1.165) is 11.5 Å². The molecule has 0 aromatic heterocycles. The van der Waals surface area contributed by atoms with Gasteiger partial charge in [0.1, 0.15) is 0 Å². The molecule has 82 valence electrons. The van der Waals surface area contributed by atoms with Crippen molar-refractivity contribution >= 4 is 0 Å². The first-order valence-corrected chi connectivity index (χ1v) is 5.97. The third kappa shape index (κ3) is 2.39. The number of benzene rings is 1. The lowest BCUT2D eigenvalue weighted by molar-refractivity contribution is 0.447. The van der Waals surface area contributed by atoms with Gasteiger partial charge < -0.3 is 0 Å². The molecule has 15 heavy (non-hydrogen) atoms. The lowest BCUT2D eigenvalue weighted by Gasteiger charge is -2.13. The first-order chi connectivity index (χ1) is 7.31. The smallest absolute Gasteiger partial charge is 0.0960 e. The van der Waals surface area contributed by atoms with E-state index < -0.39 is 0 Å². The summed E-state index contributed by atoms with van der Waals surface area (Å²) in [4.78, 5) is 0. The van der Waals surface area contributed by atoms with Crippen LogP contribution in [-0.2, 0) is 0 Å². The van der Waals surface area contributed by atoms with Crippen molar-refractivity contribution in [3.8, 4) is 0 Å². The van der Waals surface area contributed by atoms with Crippen molar-refractivity contribution in [3.05, 3.63) is 35.4 Å². The van der Waals surface area contributed by atoms with Gasteiger partial charge in [-0.05, 0) is 29.9 Å². The molecule has 0 bridgehead atoms. The van der Waals surface area contributed by atoms with E-state index in [1.165, 1.54) is 31.2 Å². The minimum atomic E-state index is -0.256. The number of rotatable bonds is 3. The van der Waals surface area contributed by atoms with E-state index in [0.29, 0.717) is 0 Å². The quantitative estimate of drug-likeness (QED) is 0.687. The van der Waals surface area contributed by atoms with E-state index in [-0.39, 0.29) is 12.6 Å². The largest absolute Gasteiger partial charge is 0.250 e. The molecule has 1 aromatic rings. The van der Waals surface area contributed by atoms with E-state index in [2.05, 4.69) is 18.2 Å². The Morgan fingerprint density at radius 2 is 2.07 bits per heavy atom. The summed E-state index contributed by atoms with van der Waals surface area (Å²) in [5, 5.41) is 0. The molecule has 0 amide bonds. The van der Waals surface area contributed by atoms with Gasteiger partial charge in [0.2, 0.25) is 0 Å². The minimum absolute atomic E-state index is 0.0475. The van der Waals surface area contributed by atoms with Gasteiger partial charge in [0.15, 0.2) is 0 Å². The molecular weight excluding hydrogens is 187 g/mol. The molecule has 1 unspecified atom stereocenters. The second-order valence-corrected chi connectivity index (χ2v) is 4.71. The fraction of sp³-hybridized carbons (Fsp3) is 0.571. The Labute approximate surface area is 91.5 Å². The van der Waals surface area contributed by atoms with E-state index in [9.17, 15) is 4.39 Å². The van der Waals surface area contributed by atoms with Crippen molar-refractivity contribution < 1.29 is 4.39 Å². The molecule has 0 radical (unpaired) electrons. The van der Waals surface area contributed by atoms with Gasteiger partial charge in [0, 0.05) is 5.92 Å². The lowest BCUT2D eigenvalue weighted by atomic mass is 9.93. The molecule has 2 rings (SSSR count). The predicted molar refractivity (Wildman–Crippen MR) is 62.0 cm³/mol. The third-order valence-electron chi connectivity index (χ3n) is 3.54. The Kier molecular flexibility index (Phi) is 3.40. The summed E-state index contributed by atoms with van der Waals surface area (Å²) in [7, 11) is 0. The number of alkyl halides is 1. The zero-order valence-electron chi connectivity index (χ0n) is 9.38. The zero-order chi connectivity index (χ0) is 10.7.